The highest BCUT2D eigenvalue weighted by Gasteiger charge is 2.28. The zero-order chi connectivity index (χ0) is 11.8. The van der Waals surface area contributed by atoms with Crippen LogP contribution >= 0.6 is 11.6 Å². The molecule has 1 saturated carbocycles. The van der Waals surface area contributed by atoms with E-state index in [-0.39, 0.29) is 0 Å². The zero-order valence-corrected chi connectivity index (χ0v) is 10.4. The van der Waals surface area contributed by atoms with Crippen LogP contribution < -0.4 is 0 Å². The van der Waals surface area contributed by atoms with Gasteiger partial charge >= 0.3 is 0 Å². The lowest BCUT2D eigenvalue weighted by atomic mass is 10.2. The minimum absolute atomic E-state index is 0.407. The summed E-state index contributed by atoms with van der Waals surface area (Å²) >= 11 is 5.74. The van der Waals surface area contributed by atoms with Crippen molar-refractivity contribution in [1.82, 2.24) is 20.0 Å². The van der Waals surface area contributed by atoms with Crippen LogP contribution in [0.4, 0.5) is 0 Å². The van der Waals surface area contributed by atoms with Gasteiger partial charge in [-0.05, 0) is 37.5 Å². The highest BCUT2D eigenvalue weighted by Crippen LogP contribution is 2.40. The second-order valence-electron chi connectivity index (χ2n) is 4.31. The van der Waals surface area contributed by atoms with Crippen molar-refractivity contribution in [3.8, 4) is 5.82 Å². The van der Waals surface area contributed by atoms with E-state index < -0.39 is 0 Å². The average Bonchev–Trinajstić information content (AvgIpc) is 3.10. The summed E-state index contributed by atoms with van der Waals surface area (Å²) in [6.45, 7) is 2.11. The maximum atomic E-state index is 5.74. The summed E-state index contributed by atoms with van der Waals surface area (Å²) in [6.07, 6.45) is 3.43. The smallest absolute Gasteiger partial charge is 0.176 e. The molecule has 2 heterocycles. The third-order valence-corrected chi connectivity index (χ3v) is 3.18. The van der Waals surface area contributed by atoms with Crippen molar-refractivity contribution in [2.45, 2.75) is 32.1 Å². The van der Waals surface area contributed by atoms with Crippen molar-refractivity contribution >= 4 is 11.6 Å². The first-order chi connectivity index (χ1) is 8.28. The molecule has 0 amide bonds. The zero-order valence-electron chi connectivity index (χ0n) is 9.60. The molecule has 0 atom stereocenters. The maximum absolute atomic E-state index is 5.74. The molecule has 88 valence electrons. The number of hydrogen-bond acceptors (Lipinski definition) is 3. The number of aromatic nitrogens is 4. The number of hydrogen-bond donors (Lipinski definition) is 0. The van der Waals surface area contributed by atoms with Crippen LogP contribution in [0.25, 0.3) is 5.82 Å². The van der Waals surface area contributed by atoms with E-state index in [1.54, 1.807) is 6.07 Å². The van der Waals surface area contributed by atoms with Gasteiger partial charge in [0.05, 0.1) is 5.69 Å². The normalized spacial score (nSPS) is 15.2. The van der Waals surface area contributed by atoms with Crippen molar-refractivity contribution in [2.75, 3.05) is 0 Å². The number of aryl methyl sites for hydroxylation is 1. The van der Waals surface area contributed by atoms with Gasteiger partial charge in [-0.1, -0.05) is 18.5 Å². The van der Waals surface area contributed by atoms with E-state index in [2.05, 4.69) is 28.3 Å². The summed E-state index contributed by atoms with van der Waals surface area (Å²) in [4.78, 5) is 0. The lowest BCUT2D eigenvalue weighted by molar-refractivity contribution is 0.750. The lowest BCUT2D eigenvalue weighted by Crippen LogP contribution is -2.04. The molecule has 0 N–H and O–H groups in total. The van der Waals surface area contributed by atoms with Gasteiger partial charge in [0.2, 0.25) is 0 Å². The fourth-order valence-corrected chi connectivity index (χ4v) is 2.00. The average molecular weight is 249 g/mol. The van der Waals surface area contributed by atoms with E-state index in [0.29, 0.717) is 11.1 Å². The van der Waals surface area contributed by atoms with E-state index in [4.69, 9.17) is 11.6 Å². The molecule has 0 aromatic carbocycles. The Balaban J connectivity index is 2.05. The molecular weight excluding hydrogens is 236 g/mol. The second kappa shape index (κ2) is 4.11. The topological polar surface area (TPSA) is 43.6 Å². The van der Waals surface area contributed by atoms with Gasteiger partial charge in [0.1, 0.15) is 0 Å². The molecule has 0 spiro atoms. The molecule has 0 saturated heterocycles. The van der Waals surface area contributed by atoms with Crippen LogP contribution in [0.3, 0.4) is 0 Å². The van der Waals surface area contributed by atoms with Crippen molar-refractivity contribution < 1.29 is 0 Å². The Labute approximate surface area is 105 Å². The lowest BCUT2D eigenvalue weighted by Gasteiger charge is -2.04. The molecule has 1 aliphatic carbocycles. The molecule has 2 aromatic heterocycles. The van der Waals surface area contributed by atoms with Crippen molar-refractivity contribution in [3.63, 3.8) is 0 Å². The third kappa shape index (κ3) is 2.05. The van der Waals surface area contributed by atoms with Gasteiger partial charge in [-0.3, -0.25) is 0 Å². The van der Waals surface area contributed by atoms with Crippen LogP contribution in [0.2, 0.25) is 5.15 Å². The predicted octanol–water partition coefficient (Wildman–Crippen LogP) is 2.76. The van der Waals surface area contributed by atoms with Gasteiger partial charge in [-0.15, -0.1) is 10.2 Å². The van der Waals surface area contributed by atoms with Crippen LogP contribution in [0.5, 0.6) is 0 Å². The Kier molecular flexibility index (Phi) is 2.59. The number of rotatable bonds is 3. The van der Waals surface area contributed by atoms with Crippen molar-refractivity contribution in [3.05, 3.63) is 34.7 Å². The van der Waals surface area contributed by atoms with Crippen LogP contribution in [0, 0.1) is 0 Å². The minimum atomic E-state index is 0.407. The molecule has 3 rings (SSSR count). The van der Waals surface area contributed by atoms with Crippen LogP contribution in [-0.2, 0) is 6.42 Å². The van der Waals surface area contributed by atoms with Crippen molar-refractivity contribution in [2.24, 2.45) is 0 Å². The molecule has 4 nitrogen and oxygen atoms in total. The largest absolute Gasteiger partial charge is 0.217 e. The first kappa shape index (κ1) is 10.7. The molecule has 17 heavy (non-hydrogen) atoms. The van der Waals surface area contributed by atoms with Gasteiger partial charge < -0.3 is 0 Å². The van der Waals surface area contributed by atoms with Gasteiger partial charge in [0.25, 0.3) is 0 Å². The highest BCUT2D eigenvalue weighted by molar-refractivity contribution is 6.29. The van der Waals surface area contributed by atoms with Gasteiger partial charge in [-0.25, -0.2) is 4.68 Å². The molecule has 0 radical (unpaired) electrons. The van der Waals surface area contributed by atoms with Gasteiger partial charge in [-0.2, -0.15) is 5.10 Å². The standard InChI is InChI=1S/C12H13ClN4/c1-2-9-7-10(8-3-4-8)17(16-9)12-6-5-11(13)14-15-12/h5-8H,2-4H2,1H3. The summed E-state index contributed by atoms with van der Waals surface area (Å²) in [5.41, 5.74) is 2.35. The fourth-order valence-electron chi connectivity index (χ4n) is 1.89. The van der Waals surface area contributed by atoms with E-state index >= 15 is 0 Å². The van der Waals surface area contributed by atoms with Crippen LogP contribution in [-0.4, -0.2) is 20.0 Å². The summed E-state index contributed by atoms with van der Waals surface area (Å²) in [6, 6.07) is 5.77. The highest BCUT2D eigenvalue weighted by atomic mass is 35.5. The molecule has 1 aliphatic rings. The van der Waals surface area contributed by atoms with Gasteiger partial charge in [0, 0.05) is 11.6 Å². The number of halogens is 1. The molecule has 0 bridgehead atoms. The molecule has 5 heteroatoms. The third-order valence-electron chi connectivity index (χ3n) is 2.98. The summed E-state index contributed by atoms with van der Waals surface area (Å²) in [5.74, 6) is 1.39. The molecule has 0 unspecified atom stereocenters. The SMILES string of the molecule is CCc1cc(C2CC2)n(-c2ccc(Cl)nn2)n1. The van der Waals surface area contributed by atoms with Crippen molar-refractivity contribution in [1.29, 1.82) is 0 Å². The maximum Gasteiger partial charge on any atom is 0.176 e. The van der Waals surface area contributed by atoms with Crippen LogP contribution in [0.15, 0.2) is 18.2 Å². The molecule has 1 fully saturated rings. The molecule has 2 aromatic rings. The van der Waals surface area contributed by atoms with E-state index in [1.165, 1.54) is 18.5 Å². The predicted molar refractivity (Wildman–Crippen MR) is 65.5 cm³/mol. The minimum Gasteiger partial charge on any atom is -0.217 e. The first-order valence-electron chi connectivity index (χ1n) is 5.86. The Hall–Kier alpha value is -1.42. The van der Waals surface area contributed by atoms with E-state index in [0.717, 1.165) is 17.9 Å². The quantitative estimate of drug-likeness (QED) is 0.839. The Bertz CT molecular complexity index is 528. The summed E-state index contributed by atoms with van der Waals surface area (Å²) in [5, 5.41) is 12.9. The van der Waals surface area contributed by atoms with Gasteiger partial charge in [0.15, 0.2) is 11.0 Å². The number of nitrogens with zero attached hydrogens (tertiary/aromatic N) is 4. The summed E-state index contributed by atoms with van der Waals surface area (Å²) < 4.78 is 1.90. The Morgan fingerprint density at radius 1 is 1.35 bits per heavy atom. The summed E-state index contributed by atoms with van der Waals surface area (Å²) in [7, 11) is 0. The van der Waals surface area contributed by atoms with Crippen LogP contribution in [0.1, 0.15) is 37.1 Å². The van der Waals surface area contributed by atoms with E-state index in [9.17, 15) is 0 Å². The Morgan fingerprint density at radius 2 is 2.18 bits per heavy atom. The molecule has 0 aliphatic heterocycles. The Morgan fingerprint density at radius 3 is 2.76 bits per heavy atom. The van der Waals surface area contributed by atoms with E-state index in [1.807, 2.05) is 10.7 Å². The first-order valence-corrected chi connectivity index (χ1v) is 6.24. The fraction of sp³-hybridized carbons (Fsp3) is 0.417. The second-order valence-corrected chi connectivity index (χ2v) is 4.70. The monoisotopic (exact) mass is 248 g/mol. The molecular formula is C12H13ClN4.